The summed E-state index contributed by atoms with van der Waals surface area (Å²) in [5.74, 6) is -0.204. The SMILES string of the molecule is COCCN(CCOC)C(=O)c1c(N)cccc1N. The smallest absolute Gasteiger partial charge is 0.258 e. The Morgan fingerprint density at radius 2 is 1.58 bits per heavy atom. The van der Waals surface area contributed by atoms with E-state index in [1.165, 1.54) is 0 Å². The minimum absolute atomic E-state index is 0.204. The molecule has 0 radical (unpaired) electrons. The van der Waals surface area contributed by atoms with Crippen LogP contribution in [0, 0.1) is 0 Å². The highest BCUT2D eigenvalue weighted by Crippen LogP contribution is 2.21. The fraction of sp³-hybridized carbons (Fsp3) is 0.462. The molecule has 1 amide bonds. The Hall–Kier alpha value is -1.79. The molecule has 0 aliphatic carbocycles. The highest BCUT2D eigenvalue weighted by Gasteiger charge is 2.20. The van der Waals surface area contributed by atoms with E-state index in [-0.39, 0.29) is 5.91 Å². The molecule has 106 valence electrons. The van der Waals surface area contributed by atoms with Crippen LogP contribution in [-0.4, -0.2) is 51.3 Å². The van der Waals surface area contributed by atoms with E-state index in [0.717, 1.165) is 0 Å². The number of anilines is 2. The van der Waals surface area contributed by atoms with Crippen molar-refractivity contribution >= 4 is 17.3 Å². The molecule has 0 bridgehead atoms. The van der Waals surface area contributed by atoms with Crippen LogP contribution in [0.2, 0.25) is 0 Å². The summed E-state index contributed by atoms with van der Waals surface area (Å²) >= 11 is 0. The van der Waals surface area contributed by atoms with Gasteiger partial charge in [-0.2, -0.15) is 0 Å². The number of hydrogen-bond acceptors (Lipinski definition) is 5. The Balaban J connectivity index is 2.91. The van der Waals surface area contributed by atoms with Gasteiger partial charge in [0.1, 0.15) is 0 Å². The first-order chi connectivity index (χ1) is 9.11. The first kappa shape index (κ1) is 15.3. The number of hydrogen-bond donors (Lipinski definition) is 2. The van der Waals surface area contributed by atoms with Gasteiger partial charge in [0, 0.05) is 38.7 Å². The van der Waals surface area contributed by atoms with Gasteiger partial charge < -0.3 is 25.8 Å². The van der Waals surface area contributed by atoms with E-state index in [4.69, 9.17) is 20.9 Å². The molecule has 0 unspecified atom stereocenters. The number of ether oxygens (including phenoxy) is 2. The van der Waals surface area contributed by atoms with Crippen molar-refractivity contribution in [2.24, 2.45) is 0 Å². The van der Waals surface area contributed by atoms with Gasteiger partial charge in [-0.15, -0.1) is 0 Å². The zero-order valence-electron chi connectivity index (χ0n) is 11.4. The Bertz CT molecular complexity index is 395. The quantitative estimate of drug-likeness (QED) is 0.705. The average molecular weight is 267 g/mol. The van der Waals surface area contributed by atoms with Gasteiger partial charge in [-0.25, -0.2) is 0 Å². The predicted molar refractivity (Wildman–Crippen MR) is 74.9 cm³/mol. The van der Waals surface area contributed by atoms with Crippen LogP contribution in [-0.2, 0) is 9.47 Å². The van der Waals surface area contributed by atoms with E-state index in [1.54, 1.807) is 37.3 Å². The van der Waals surface area contributed by atoms with Gasteiger partial charge in [0.2, 0.25) is 0 Å². The maximum atomic E-state index is 12.5. The highest BCUT2D eigenvalue weighted by atomic mass is 16.5. The standard InChI is InChI=1S/C13H21N3O3/c1-18-8-6-16(7-9-19-2)13(17)12-10(14)4-3-5-11(12)15/h3-5H,6-9,14-15H2,1-2H3. The van der Waals surface area contributed by atoms with Crippen LogP contribution in [0.15, 0.2) is 18.2 Å². The van der Waals surface area contributed by atoms with E-state index < -0.39 is 0 Å². The van der Waals surface area contributed by atoms with Crippen molar-refractivity contribution in [1.82, 2.24) is 4.90 Å². The number of methoxy groups -OCH3 is 2. The molecule has 1 rings (SSSR count). The average Bonchev–Trinajstić information content (AvgIpc) is 2.38. The van der Waals surface area contributed by atoms with Gasteiger partial charge in [-0.05, 0) is 12.1 Å². The highest BCUT2D eigenvalue weighted by molar-refractivity contribution is 6.04. The van der Waals surface area contributed by atoms with E-state index >= 15 is 0 Å². The third-order valence-corrected chi connectivity index (χ3v) is 2.76. The lowest BCUT2D eigenvalue weighted by Gasteiger charge is -2.23. The summed E-state index contributed by atoms with van der Waals surface area (Å²) in [4.78, 5) is 14.1. The van der Waals surface area contributed by atoms with Crippen molar-refractivity contribution in [2.75, 3.05) is 52.0 Å². The van der Waals surface area contributed by atoms with Crippen molar-refractivity contribution in [3.05, 3.63) is 23.8 Å². The van der Waals surface area contributed by atoms with E-state index in [2.05, 4.69) is 0 Å². The maximum Gasteiger partial charge on any atom is 0.258 e. The molecule has 6 heteroatoms. The predicted octanol–water partition coefficient (Wildman–Crippen LogP) is 0.586. The lowest BCUT2D eigenvalue weighted by atomic mass is 10.1. The van der Waals surface area contributed by atoms with Gasteiger partial charge in [0.05, 0.1) is 18.8 Å². The molecule has 0 aliphatic heterocycles. The minimum Gasteiger partial charge on any atom is -0.398 e. The van der Waals surface area contributed by atoms with Crippen molar-refractivity contribution in [2.45, 2.75) is 0 Å². The summed E-state index contributed by atoms with van der Waals surface area (Å²) in [6.45, 7) is 1.82. The Morgan fingerprint density at radius 1 is 1.11 bits per heavy atom. The monoisotopic (exact) mass is 267 g/mol. The minimum atomic E-state index is -0.204. The molecule has 0 atom stereocenters. The van der Waals surface area contributed by atoms with Crippen LogP contribution in [0.3, 0.4) is 0 Å². The van der Waals surface area contributed by atoms with Crippen LogP contribution >= 0.6 is 0 Å². The van der Waals surface area contributed by atoms with Crippen molar-refractivity contribution in [3.63, 3.8) is 0 Å². The number of nitrogens with two attached hydrogens (primary N) is 2. The number of nitrogen functional groups attached to an aromatic ring is 2. The number of benzene rings is 1. The fourth-order valence-electron chi connectivity index (χ4n) is 1.71. The second kappa shape index (κ2) is 7.60. The number of amides is 1. The molecular weight excluding hydrogens is 246 g/mol. The molecule has 6 nitrogen and oxygen atoms in total. The van der Waals surface area contributed by atoms with E-state index in [0.29, 0.717) is 43.2 Å². The normalized spacial score (nSPS) is 10.4. The zero-order chi connectivity index (χ0) is 14.3. The van der Waals surface area contributed by atoms with Gasteiger partial charge in [0.25, 0.3) is 5.91 Å². The first-order valence-electron chi connectivity index (χ1n) is 6.03. The molecule has 1 aromatic carbocycles. The van der Waals surface area contributed by atoms with Crippen molar-refractivity contribution < 1.29 is 14.3 Å². The Labute approximate surface area is 113 Å². The number of carbonyl (C=O) groups excluding carboxylic acids is 1. The molecule has 0 spiro atoms. The third kappa shape index (κ3) is 4.11. The lowest BCUT2D eigenvalue weighted by molar-refractivity contribution is 0.0629. The number of nitrogens with zero attached hydrogens (tertiary/aromatic N) is 1. The number of rotatable bonds is 7. The Morgan fingerprint density at radius 3 is 2.00 bits per heavy atom. The van der Waals surface area contributed by atoms with Crippen molar-refractivity contribution in [1.29, 1.82) is 0 Å². The van der Waals surface area contributed by atoms with Crippen LogP contribution in [0.25, 0.3) is 0 Å². The van der Waals surface area contributed by atoms with E-state index in [9.17, 15) is 4.79 Å². The molecule has 0 fully saturated rings. The molecule has 4 N–H and O–H groups in total. The molecule has 0 saturated carbocycles. The maximum absolute atomic E-state index is 12.5. The Kier molecular flexibility index (Phi) is 6.11. The number of carbonyl (C=O) groups is 1. The second-order valence-electron chi connectivity index (χ2n) is 4.09. The molecule has 0 aliphatic rings. The summed E-state index contributed by atoms with van der Waals surface area (Å²) in [5.41, 5.74) is 12.8. The first-order valence-corrected chi connectivity index (χ1v) is 6.03. The molecule has 0 saturated heterocycles. The van der Waals surface area contributed by atoms with Crippen LogP contribution in [0.5, 0.6) is 0 Å². The largest absolute Gasteiger partial charge is 0.398 e. The van der Waals surface area contributed by atoms with Crippen LogP contribution in [0.1, 0.15) is 10.4 Å². The molecular formula is C13H21N3O3. The lowest BCUT2D eigenvalue weighted by Crippen LogP contribution is -2.37. The van der Waals surface area contributed by atoms with Crippen LogP contribution in [0.4, 0.5) is 11.4 Å². The topological polar surface area (TPSA) is 90.8 Å². The molecule has 19 heavy (non-hydrogen) atoms. The summed E-state index contributed by atoms with van der Waals surface area (Å²) in [6.07, 6.45) is 0. The fourth-order valence-corrected chi connectivity index (χ4v) is 1.71. The molecule has 0 aromatic heterocycles. The van der Waals surface area contributed by atoms with E-state index in [1.807, 2.05) is 0 Å². The van der Waals surface area contributed by atoms with Crippen molar-refractivity contribution in [3.8, 4) is 0 Å². The van der Waals surface area contributed by atoms with Gasteiger partial charge >= 0.3 is 0 Å². The summed E-state index contributed by atoms with van der Waals surface area (Å²) in [5, 5.41) is 0. The molecule has 0 heterocycles. The molecule has 1 aromatic rings. The van der Waals surface area contributed by atoms with Gasteiger partial charge in [-0.3, -0.25) is 4.79 Å². The second-order valence-corrected chi connectivity index (χ2v) is 4.09. The summed E-state index contributed by atoms with van der Waals surface area (Å²) in [6, 6.07) is 5.04. The van der Waals surface area contributed by atoms with Gasteiger partial charge in [-0.1, -0.05) is 6.07 Å². The summed E-state index contributed by atoms with van der Waals surface area (Å²) < 4.78 is 10.0. The van der Waals surface area contributed by atoms with Crippen LogP contribution < -0.4 is 11.5 Å². The zero-order valence-corrected chi connectivity index (χ0v) is 11.4. The summed E-state index contributed by atoms with van der Waals surface area (Å²) in [7, 11) is 3.18. The van der Waals surface area contributed by atoms with Gasteiger partial charge in [0.15, 0.2) is 0 Å². The third-order valence-electron chi connectivity index (χ3n) is 2.76.